The number of hydrogen-bond donors (Lipinski definition) is 1. The van der Waals surface area contributed by atoms with Crippen LogP contribution < -0.4 is 9.04 Å². The van der Waals surface area contributed by atoms with Crippen LogP contribution in [0.5, 0.6) is 5.75 Å². The Bertz CT molecular complexity index is 1570. The van der Waals surface area contributed by atoms with E-state index >= 15 is 4.39 Å². The predicted molar refractivity (Wildman–Crippen MR) is 142 cm³/mol. The van der Waals surface area contributed by atoms with Gasteiger partial charge in [-0.05, 0) is 71.5 Å². The van der Waals surface area contributed by atoms with Crippen LogP contribution in [0.2, 0.25) is 0 Å². The predicted octanol–water partition coefficient (Wildman–Crippen LogP) is 6.48. The van der Waals surface area contributed by atoms with E-state index in [-0.39, 0.29) is 12.2 Å². The number of aliphatic carboxylic acids is 1. The molecule has 0 amide bonds. The van der Waals surface area contributed by atoms with E-state index in [9.17, 15) is 9.90 Å². The lowest BCUT2D eigenvalue weighted by Gasteiger charge is -2.36. The molecule has 0 aliphatic carbocycles. The molecule has 0 spiro atoms. The summed E-state index contributed by atoms with van der Waals surface area (Å²) in [6, 6.07) is 11.1. The van der Waals surface area contributed by atoms with E-state index in [1.165, 1.54) is 11.6 Å². The van der Waals surface area contributed by atoms with Crippen molar-refractivity contribution in [3.8, 4) is 28.0 Å². The van der Waals surface area contributed by atoms with Crippen LogP contribution in [-0.2, 0) is 24.2 Å². The average Bonchev–Trinajstić information content (AvgIpc) is 2.87. The quantitative estimate of drug-likeness (QED) is 0.324. The second-order valence-electron chi connectivity index (χ2n) is 9.29. The second-order valence-corrected chi connectivity index (χ2v) is 10.1. The molecule has 0 radical (unpaired) electrons. The smallest absolute Gasteiger partial charge is 0.307 e. The molecule has 6 rings (SSSR count). The highest BCUT2D eigenvalue weighted by Crippen LogP contribution is 2.52. The van der Waals surface area contributed by atoms with E-state index in [2.05, 4.69) is 4.31 Å². The summed E-state index contributed by atoms with van der Waals surface area (Å²) in [5, 5.41) is 10.9. The molecule has 5 nitrogen and oxygen atoms in total. The van der Waals surface area contributed by atoms with Crippen molar-refractivity contribution in [3.63, 3.8) is 0 Å². The molecule has 0 bridgehead atoms. The third kappa shape index (κ3) is 3.29. The molecule has 3 heterocycles. The average molecular weight is 501 g/mol. The summed E-state index contributed by atoms with van der Waals surface area (Å²) in [4.78, 5) is 16.8. The lowest BCUT2D eigenvalue weighted by atomic mass is 9.80. The SMILES string of the molecule is CSN1Cc2cccc(F)c2-c2c(C)c(-c3ccc4c5c(ccnc35)CCO4)c(CC(=O)O)c(C)c21. The first-order valence-electron chi connectivity index (χ1n) is 11.9. The molecule has 4 aromatic rings. The van der Waals surface area contributed by atoms with Gasteiger partial charge in [-0.15, -0.1) is 0 Å². The van der Waals surface area contributed by atoms with Crippen molar-refractivity contribution in [2.45, 2.75) is 33.2 Å². The van der Waals surface area contributed by atoms with Gasteiger partial charge in [0.15, 0.2) is 0 Å². The molecular weight excluding hydrogens is 475 g/mol. The number of hydrogen-bond acceptors (Lipinski definition) is 5. The zero-order chi connectivity index (χ0) is 25.1. The molecule has 0 unspecified atom stereocenters. The van der Waals surface area contributed by atoms with Crippen LogP contribution in [0.1, 0.15) is 27.8 Å². The zero-order valence-corrected chi connectivity index (χ0v) is 21.1. The number of fused-ring (bicyclic) bond motifs is 3. The molecular formula is C29H25FN2O3S. The van der Waals surface area contributed by atoms with Gasteiger partial charge in [0.05, 0.1) is 30.8 Å². The van der Waals surface area contributed by atoms with Crippen LogP contribution in [0.25, 0.3) is 33.2 Å². The van der Waals surface area contributed by atoms with Crippen molar-refractivity contribution in [2.24, 2.45) is 0 Å². The molecule has 2 aliphatic heterocycles. The maximum atomic E-state index is 15.4. The summed E-state index contributed by atoms with van der Waals surface area (Å²) < 4.78 is 23.5. The van der Waals surface area contributed by atoms with E-state index in [4.69, 9.17) is 9.72 Å². The highest BCUT2D eigenvalue weighted by molar-refractivity contribution is 7.99. The number of rotatable bonds is 4. The highest BCUT2D eigenvalue weighted by Gasteiger charge is 2.32. The lowest BCUT2D eigenvalue weighted by Crippen LogP contribution is -2.23. The number of carbonyl (C=O) groups is 1. The Kier molecular flexibility index (Phi) is 5.41. The Balaban J connectivity index is 1.76. The van der Waals surface area contributed by atoms with E-state index in [0.717, 1.165) is 67.7 Å². The summed E-state index contributed by atoms with van der Waals surface area (Å²) >= 11 is 1.56. The summed E-state index contributed by atoms with van der Waals surface area (Å²) in [6.07, 6.45) is 4.45. The van der Waals surface area contributed by atoms with Gasteiger partial charge in [-0.3, -0.25) is 9.78 Å². The fraction of sp³-hybridized carbons (Fsp3) is 0.241. The molecule has 36 heavy (non-hydrogen) atoms. The first-order valence-corrected chi connectivity index (χ1v) is 13.1. The number of carboxylic acids is 1. The number of aromatic nitrogens is 1. The number of anilines is 1. The summed E-state index contributed by atoms with van der Waals surface area (Å²) in [6.45, 7) is 5.10. The number of pyridine rings is 1. The Morgan fingerprint density at radius 3 is 2.72 bits per heavy atom. The normalized spacial score (nSPS) is 13.8. The van der Waals surface area contributed by atoms with Crippen LogP contribution >= 0.6 is 11.9 Å². The molecule has 0 atom stereocenters. The molecule has 1 aromatic heterocycles. The molecule has 182 valence electrons. The van der Waals surface area contributed by atoms with Crippen LogP contribution in [-0.4, -0.2) is 28.9 Å². The lowest BCUT2D eigenvalue weighted by molar-refractivity contribution is -0.136. The molecule has 0 saturated carbocycles. The molecule has 0 fully saturated rings. The maximum Gasteiger partial charge on any atom is 0.307 e. The summed E-state index contributed by atoms with van der Waals surface area (Å²) in [5.41, 5.74) is 9.28. The topological polar surface area (TPSA) is 62.7 Å². The fourth-order valence-electron chi connectivity index (χ4n) is 5.87. The Hall–Kier alpha value is -3.58. The molecule has 0 saturated heterocycles. The molecule has 7 heteroatoms. The number of halogens is 1. The highest BCUT2D eigenvalue weighted by atomic mass is 32.2. The van der Waals surface area contributed by atoms with E-state index in [1.807, 2.05) is 44.4 Å². The Labute approximate surface area is 213 Å². The van der Waals surface area contributed by atoms with Crippen molar-refractivity contribution in [1.82, 2.24) is 4.98 Å². The molecule has 3 aromatic carbocycles. The molecule has 1 N–H and O–H groups in total. The number of benzene rings is 3. The zero-order valence-electron chi connectivity index (χ0n) is 20.3. The van der Waals surface area contributed by atoms with Crippen molar-refractivity contribution >= 4 is 34.5 Å². The Morgan fingerprint density at radius 2 is 1.94 bits per heavy atom. The summed E-state index contributed by atoms with van der Waals surface area (Å²) in [7, 11) is 0. The van der Waals surface area contributed by atoms with Crippen molar-refractivity contribution < 1.29 is 19.0 Å². The number of ether oxygens (including phenoxy) is 1. The minimum Gasteiger partial charge on any atom is -0.493 e. The Morgan fingerprint density at radius 1 is 1.11 bits per heavy atom. The van der Waals surface area contributed by atoms with Gasteiger partial charge in [0.25, 0.3) is 0 Å². The minimum atomic E-state index is -0.907. The van der Waals surface area contributed by atoms with Gasteiger partial charge >= 0.3 is 5.97 Å². The monoisotopic (exact) mass is 500 g/mol. The standard InChI is InChI=1S/C29H25FN2O3S/c1-15-20(13-23(33)34)24(19-7-8-22-27-17(10-12-35-22)9-11-31-28(19)27)16(2)25-26-18(5-4-6-21(26)30)14-32(36-3)29(15)25/h4-9,11H,10,12-14H2,1-3H3,(H,33,34). The van der Waals surface area contributed by atoms with Crippen molar-refractivity contribution in [1.29, 1.82) is 0 Å². The third-order valence-corrected chi connectivity index (χ3v) is 8.15. The number of nitrogens with zero attached hydrogens (tertiary/aromatic N) is 2. The first kappa shape index (κ1) is 22.9. The largest absolute Gasteiger partial charge is 0.493 e. The second kappa shape index (κ2) is 8.52. The molecule has 2 aliphatic rings. The number of carboxylic acid groups (broad SMARTS) is 1. The van der Waals surface area contributed by atoms with Crippen LogP contribution in [0.3, 0.4) is 0 Å². The van der Waals surface area contributed by atoms with Gasteiger partial charge in [-0.25, -0.2) is 4.39 Å². The van der Waals surface area contributed by atoms with Gasteiger partial charge in [0.1, 0.15) is 11.6 Å². The minimum absolute atomic E-state index is 0.138. The van der Waals surface area contributed by atoms with Crippen molar-refractivity contribution in [2.75, 3.05) is 17.2 Å². The van der Waals surface area contributed by atoms with E-state index in [0.29, 0.717) is 18.7 Å². The van der Waals surface area contributed by atoms with Crippen molar-refractivity contribution in [3.05, 3.63) is 76.2 Å². The van der Waals surface area contributed by atoms with Crippen LogP contribution in [0, 0.1) is 19.7 Å². The van der Waals surface area contributed by atoms with E-state index in [1.54, 1.807) is 24.2 Å². The third-order valence-electron chi connectivity index (χ3n) is 7.40. The van der Waals surface area contributed by atoms with Crippen LogP contribution in [0.4, 0.5) is 10.1 Å². The van der Waals surface area contributed by atoms with Gasteiger partial charge in [0.2, 0.25) is 0 Å². The van der Waals surface area contributed by atoms with Crippen LogP contribution in [0.15, 0.2) is 42.6 Å². The first-order chi connectivity index (χ1) is 17.4. The van der Waals surface area contributed by atoms with Gasteiger partial charge < -0.3 is 14.1 Å². The van der Waals surface area contributed by atoms with Gasteiger partial charge in [0, 0.05) is 41.0 Å². The van der Waals surface area contributed by atoms with E-state index < -0.39 is 5.97 Å². The van der Waals surface area contributed by atoms with Gasteiger partial charge in [-0.1, -0.05) is 24.1 Å². The van der Waals surface area contributed by atoms with Gasteiger partial charge in [-0.2, -0.15) is 0 Å². The summed E-state index contributed by atoms with van der Waals surface area (Å²) in [5.74, 6) is -0.381. The maximum absolute atomic E-state index is 15.4. The fourth-order valence-corrected chi connectivity index (χ4v) is 6.55.